The number of rotatable bonds is 3. The van der Waals surface area contributed by atoms with Crippen molar-refractivity contribution < 1.29 is 14.3 Å². The molecule has 1 saturated heterocycles. The van der Waals surface area contributed by atoms with E-state index in [1.807, 2.05) is 30.0 Å². The van der Waals surface area contributed by atoms with Crippen LogP contribution in [0.2, 0.25) is 0 Å². The van der Waals surface area contributed by atoms with Crippen molar-refractivity contribution in [3.63, 3.8) is 0 Å². The Balaban J connectivity index is 1.32. The summed E-state index contributed by atoms with van der Waals surface area (Å²) in [7, 11) is 0. The summed E-state index contributed by atoms with van der Waals surface area (Å²) in [6.07, 6.45) is 4.71. The number of nitrogens with zero attached hydrogens (tertiary/aromatic N) is 1. The average Bonchev–Trinajstić information content (AvgIpc) is 2.66. The highest BCUT2D eigenvalue weighted by Crippen LogP contribution is 2.49. The zero-order chi connectivity index (χ0) is 18.1. The number of hydrogen-bond acceptors (Lipinski definition) is 4. The van der Waals surface area contributed by atoms with Crippen LogP contribution < -0.4 is 15.4 Å². The number of nitrogens with one attached hydrogen (secondary N) is 2. The van der Waals surface area contributed by atoms with E-state index in [0.29, 0.717) is 30.0 Å². The van der Waals surface area contributed by atoms with Gasteiger partial charge in [-0.25, -0.2) is 0 Å². The highest BCUT2D eigenvalue weighted by molar-refractivity contribution is 5.95. The number of piperidine rings is 1. The molecule has 0 bridgehead atoms. The van der Waals surface area contributed by atoms with Gasteiger partial charge in [0, 0.05) is 37.7 Å². The van der Waals surface area contributed by atoms with Crippen LogP contribution >= 0.6 is 0 Å². The van der Waals surface area contributed by atoms with Crippen molar-refractivity contribution in [1.82, 2.24) is 10.2 Å². The van der Waals surface area contributed by atoms with E-state index in [9.17, 15) is 9.59 Å². The number of fused-ring (bicyclic) bond motifs is 1. The van der Waals surface area contributed by atoms with E-state index in [-0.39, 0.29) is 11.8 Å². The predicted octanol–water partition coefficient (Wildman–Crippen LogP) is 2.40. The first-order valence-electron chi connectivity index (χ1n) is 9.68. The maximum Gasteiger partial charge on any atom is 0.253 e. The van der Waals surface area contributed by atoms with Gasteiger partial charge in [-0.1, -0.05) is 6.92 Å². The van der Waals surface area contributed by atoms with E-state index in [0.717, 1.165) is 56.8 Å². The lowest BCUT2D eigenvalue weighted by atomic mass is 9.60. The number of carbonyl (C=O) groups is 2. The Bertz CT molecular complexity index is 702. The van der Waals surface area contributed by atoms with Gasteiger partial charge in [0.05, 0.1) is 5.69 Å². The number of likely N-dealkylation sites (tertiary alicyclic amines) is 1. The van der Waals surface area contributed by atoms with Gasteiger partial charge < -0.3 is 20.3 Å². The fraction of sp³-hybridized carbons (Fsp3) is 0.600. The van der Waals surface area contributed by atoms with Crippen LogP contribution in [0.15, 0.2) is 18.2 Å². The summed E-state index contributed by atoms with van der Waals surface area (Å²) in [5.74, 6) is 0.998. The van der Waals surface area contributed by atoms with Crippen molar-refractivity contribution in [3.05, 3.63) is 23.8 Å². The number of benzene rings is 1. The van der Waals surface area contributed by atoms with Crippen LogP contribution in [0.1, 0.15) is 49.4 Å². The fourth-order valence-electron chi connectivity index (χ4n) is 4.46. The van der Waals surface area contributed by atoms with E-state index in [1.54, 1.807) is 0 Å². The monoisotopic (exact) mass is 357 g/mol. The van der Waals surface area contributed by atoms with Gasteiger partial charge in [0.1, 0.15) is 12.4 Å². The molecule has 1 aliphatic carbocycles. The Hall–Kier alpha value is -2.24. The van der Waals surface area contributed by atoms with Crippen molar-refractivity contribution in [2.24, 2.45) is 5.41 Å². The smallest absolute Gasteiger partial charge is 0.253 e. The van der Waals surface area contributed by atoms with Gasteiger partial charge in [-0.15, -0.1) is 0 Å². The number of amides is 2. The third-order valence-corrected chi connectivity index (χ3v) is 6.06. The molecule has 2 fully saturated rings. The molecule has 0 atom stereocenters. The van der Waals surface area contributed by atoms with Crippen LogP contribution in [-0.2, 0) is 4.79 Å². The Kier molecular flexibility index (Phi) is 4.51. The maximum atomic E-state index is 12.8. The molecule has 1 aromatic carbocycles. The maximum absolute atomic E-state index is 12.8. The quantitative estimate of drug-likeness (QED) is 0.871. The molecule has 26 heavy (non-hydrogen) atoms. The van der Waals surface area contributed by atoms with Crippen LogP contribution in [0.25, 0.3) is 0 Å². The second kappa shape index (κ2) is 6.82. The lowest BCUT2D eigenvalue weighted by molar-refractivity contribution is -0.123. The van der Waals surface area contributed by atoms with Gasteiger partial charge in [-0.3, -0.25) is 9.59 Å². The highest BCUT2D eigenvalue weighted by atomic mass is 16.5. The van der Waals surface area contributed by atoms with E-state index in [4.69, 9.17) is 4.74 Å². The van der Waals surface area contributed by atoms with E-state index >= 15 is 0 Å². The topological polar surface area (TPSA) is 70.7 Å². The summed E-state index contributed by atoms with van der Waals surface area (Å²) < 4.78 is 5.65. The first kappa shape index (κ1) is 17.2. The van der Waals surface area contributed by atoms with Crippen LogP contribution in [-0.4, -0.2) is 49.0 Å². The van der Waals surface area contributed by atoms with E-state index < -0.39 is 0 Å². The lowest BCUT2D eigenvalue weighted by Crippen LogP contribution is -2.55. The van der Waals surface area contributed by atoms with E-state index in [1.165, 1.54) is 0 Å². The molecule has 2 aliphatic heterocycles. The van der Waals surface area contributed by atoms with Crippen LogP contribution in [0.3, 0.4) is 0 Å². The third-order valence-electron chi connectivity index (χ3n) is 6.06. The molecule has 0 radical (unpaired) electrons. The summed E-state index contributed by atoms with van der Waals surface area (Å²) >= 11 is 0. The minimum Gasteiger partial charge on any atom is -0.490 e. The number of ether oxygens (including phenoxy) is 1. The first-order valence-corrected chi connectivity index (χ1v) is 9.68. The highest BCUT2D eigenvalue weighted by Gasteiger charge is 2.46. The molecule has 1 aromatic rings. The van der Waals surface area contributed by atoms with Gasteiger partial charge in [0.2, 0.25) is 5.91 Å². The van der Waals surface area contributed by atoms with Crippen LogP contribution in [0.4, 0.5) is 5.69 Å². The van der Waals surface area contributed by atoms with Crippen molar-refractivity contribution in [2.45, 2.75) is 45.1 Å². The number of hydrogen-bond donors (Lipinski definition) is 2. The molecular formula is C20H27N3O3. The molecule has 6 nitrogen and oxygen atoms in total. The summed E-state index contributed by atoms with van der Waals surface area (Å²) in [6.45, 7) is 4.91. The SMILES string of the molecule is CCC(=O)NC1CC2(CCN(C(=O)c3ccc4c(c3)OCCN4)CC2)C1. The minimum absolute atomic E-state index is 0.0898. The normalized spacial score (nSPS) is 21.2. The molecule has 4 rings (SSSR count). The fourth-order valence-corrected chi connectivity index (χ4v) is 4.46. The van der Waals surface area contributed by atoms with Gasteiger partial charge >= 0.3 is 0 Å². The first-order chi connectivity index (χ1) is 12.6. The van der Waals surface area contributed by atoms with Gasteiger partial charge in [0.15, 0.2) is 0 Å². The molecule has 3 aliphatic rings. The van der Waals surface area contributed by atoms with Gasteiger partial charge in [0.25, 0.3) is 5.91 Å². The zero-order valence-electron chi connectivity index (χ0n) is 15.3. The summed E-state index contributed by atoms with van der Waals surface area (Å²) in [6, 6.07) is 6.00. The van der Waals surface area contributed by atoms with Crippen molar-refractivity contribution in [3.8, 4) is 5.75 Å². The second-order valence-electron chi connectivity index (χ2n) is 7.80. The van der Waals surface area contributed by atoms with Crippen molar-refractivity contribution in [1.29, 1.82) is 0 Å². The second-order valence-corrected chi connectivity index (χ2v) is 7.80. The summed E-state index contributed by atoms with van der Waals surface area (Å²) in [5, 5.41) is 6.36. The lowest BCUT2D eigenvalue weighted by Gasteiger charge is -2.52. The largest absolute Gasteiger partial charge is 0.490 e. The standard InChI is InChI=1S/C20H27N3O3/c1-2-18(24)22-15-12-20(13-15)5-8-23(9-6-20)19(25)14-3-4-16-17(11-14)26-10-7-21-16/h3-4,11,15,21H,2,5-10,12-13H2,1H3,(H,22,24). The number of carbonyl (C=O) groups excluding carboxylic acids is 2. The van der Waals surface area contributed by atoms with Crippen molar-refractivity contribution >= 4 is 17.5 Å². The molecule has 1 saturated carbocycles. The average molecular weight is 357 g/mol. The van der Waals surface area contributed by atoms with Gasteiger partial charge in [-0.2, -0.15) is 0 Å². The molecule has 0 aromatic heterocycles. The predicted molar refractivity (Wildman–Crippen MR) is 99.5 cm³/mol. The van der Waals surface area contributed by atoms with Crippen molar-refractivity contribution in [2.75, 3.05) is 31.6 Å². The number of anilines is 1. The molecule has 6 heteroatoms. The molecule has 2 N–H and O–H groups in total. The summed E-state index contributed by atoms with van der Waals surface area (Å²) in [4.78, 5) is 26.3. The van der Waals surface area contributed by atoms with Gasteiger partial charge in [-0.05, 0) is 49.3 Å². The third kappa shape index (κ3) is 3.24. The van der Waals surface area contributed by atoms with Crippen LogP contribution in [0.5, 0.6) is 5.75 Å². The Morgan fingerprint density at radius 1 is 1.31 bits per heavy atom. The van der Waals surface area contributed by atoms with E-state index in [2.05, 4.69) is 10.6 Å². The molecule has 2 amide bonds. The molecular weight excluding hydrogens is 330 g/mol. The Morgan fingerprint density at radius 2 is 2.08 bits per heavy atom. The minimum atomic E-state index is 0.0898. The molecule has 2 heterocycles. The Labute approximate surface area is 154 Å². The summed E-state index contributed by atoms with van der Waals surface area (Å²) in [5.41, 5.74) is 1.98. The molecule has 0 unspecified atom stereocenters. The Morgan fingerprint density at radius 3 is 2.81 bits per heavy atom. The van der Waals surface area contributed by atoms with Crippen LogP contribution in [0, 0.1) is 5.41 Å². The molecule has 1 spiro atoms. The molecule has 140 valence electrons. The zero-order valence-corrected chi connectivity index (χ0v) is 15.3.